The first kappa shape index (κ1) is 63.9. The number of nitrogens with two attached hydrogens (primary N) is 4. The molecule has 3 aromatic carbocycles. The second-order valence-corrected chi connectivity index (χ2v) is 17.6. The molecule has 0 fully saturated rings. The van der Waals surface area contributed by atoms with Crippen LogP contribution in [0.15, 0.2) is 97.1 Å². The Labute approximate surface area is 438 Å². The Morgan fingerprint density at radius 2 is 0.757 bits per heavy atom. The van der Waals surface area contributed by atoms with Crippen LogP contribution in [0.3, 0.4) is 0 Å². The molecule has 0 spiro atoms. The lowest BCUT2D eigenvalue weighted by molar-refractivity contribution is 0.0834. The van der Waals surface area contributed by atoms with Crippen molar-refractivity contribution >= 4 is 63.5 Å². The van der Waals surface area contributed by atoms with E-state index in [2.05, 4.69) is 27.6 Å². The molecular formula is C52H69N7O13S2. The molecule has 402 valence electrons. The number of aliphatic hydroxyl groups is 3. The molecule has 20 nitrogen and oxygen atoms in total. The summed E-state index contributed by atoms with van der Waals surface area (Å²) in [5, 5.41) is 33.9. The van der Waals surface area contributed by atoms with Gasteiger partial charge in [0.15, 0.2) is 23.1 Å². The lowest BCUT2D eigenvalue weighted by atomic mass is 10.0. The van der Waals surface area contributed by atoms with E-state index in [9.17, 15) is 33.6 Å². The van der Waals surface area contributed by atoms with Gasteiger partial charge >= 0.3 is 0 Å². The zero-order valence-corrected chi connectivity index (χ0v) is 43.1. The number of aliphatic hydroxyl groups excluding tert-OH is 3. The van der Waals surface area contributed by atoms with Gasteiger partial charge in [0, 0.05) is 55.7 Å². The molecule has 22 heteroatoms. The van der Waals surface area contributed by atoms with Gasteiger partial charge in [0.05, 0.1) is 85.5 Å². The van der Waals surface area contributed by atoms with Gasteiger partial charge in [-0.05, 0) is 97.1 Å². The third kappa shape index (κ3) is 25.1. The number of ether oxygens (including phenoxy) is 3. The summed E-state index contributed by atoms with van der Waals surface area (Å²) in [6.45, 7) is 4.85. The Kier molecular flexibility index (Phi) is 33.1. The standard InChI is InChI=1S/C20H24N2O5S.C20H23NO5S.C12H18N2O3.H4N2/c21-13-17(25)19-8-7-18(28-19)16(24)6-3-14-1-4-15(5-2-14)20(26)22-9-11-27-12-10-23;1-14(23)18-8-9-19(27-18)17(24)7-4-15-2-5-16(6-3-15)20(25)21-10-12-26-13-11-22;13-9-10-1-3-11(4-2-10)12(16)14-5-7-17-8-6-15;1-2/h1-2,4-5,7-8,23H,3,6,9-13,21H2,(H,22,26);2-3,5-6,8-9,22H,4,7,10-13H2,1H3,(H,21,25);1-4,15H,5-9,13H2,(H,14,16);1-2H2. The molecule has 0 atom stereocenters. The number of hydrazine groups is 1. The summed E-state index contributed by atoms with van der Waals surface area (Å²) < 4.78 is 15.2. The Morgan fingerprint density at radius 1 is 0.446 bits per heavy atom. The number of hydrogen-bond acceptors (Lipinski definition) is 19. The normalized spacial score (nSPS) is 10.3. The van der Waals surface area contributed by atoms with E-state index in [1.54, 1.807) is 60.7 Å². The summed E-state index contributed by atoms with van der Waals surface area (Å²) in [6, 6.07) is 28.0. The number of Topliss-reactive ketones (excluding diaryl/α,β-unsaturated/α-hetero) is 4. The van der Waals surface area contributed by atoms with Crippen LogP contribution in [0.5, 0.6) is 0 Å². The van der Waals surface area contributed by atoms with Crippen LogP contribution in [-0.4, -0.2) is 142 Å². The lowest BCUT2D eigenvalue weighted by Crippen LogP contribution is -2.27. The molecule has 3 amide bonds. The number of amides is 3. The first-order chi connectivity index (χ1) is 35.8. The van der Waals surface area contributed by atoms with Crippen molar-refractivity contribution in [2.45, 2.75) is 39.2 Å². The van der Waals surface area contributed by atoms with Gasteiger partial charge in [0.1, 0.15) is 0 Å². The van der Waals surface area contributed by atoms with Crippen molar-refractivity contribution in [1.29, 1.82) is 0 Å². The van der Waals surface area contributed by atoms with Crippen molar-refractivity contribution < 1.29 is 63.1 Å². The minimum absolute atomic E-state index is 0.00546. The molecule has 74 heavy (non-hydrogen) atoms. The summed E-state index contributed by atoms with van der Waals surface area (Å²) in [7, 11) is 0. The van der Waals surface area contributed by atoms with E-state index in [4.69, 9.17) is 41.0 Å². The highest BCUT2D eigenvalue weighted by Gasteiger charge is 2.15. The third-order valence-electron chi connectivity index (χ3n) is 10.0. The number of thiophene rings is 2. The molecule has 0 aliphatic rings. The Balaban J connectivity index is 0.000000385. The highest BCUT2D eigenvalue weighted by Crippen LogP contribution is 2.21. The highest BCUT2D eigenvalue weighted by atomic mass is 32.1. The van der Waals surface area contributed by atoms with Crippen LogP contribution in [-0.2, 0) is 33.6 Å². The average molecular weight is 1060 g/mol. The van der Waals surface area contributed by atoms with E-state index in [-0.39, 0.29) is 80.4 Å². The predicted octanol–water partition coefficient (Wildman–Crippen LogP) is 2.65. The summed E-state index contributed by atoms with van der Waals surface area (Å²) in [5.74, 6) is 7.25. The average Bonchev–Trinajstić information content (AvgIpc) is 4.15. The molecule has 0 unspecified atom stereocenters. The highest BCUT2D eigenvalue weighted by molar-refractivity contribution is 7.16. The van der Waals surface area contributed by atoms with Gasteiger partial charge in [0.2, 0.25) is 0 Å². The molecule has 5 rings (SSSR count). The van der Waals surface area contributed by atoms with E-state index in [1.807, 2.05) is 36.4 Å². The molecule has 0 saturated heterocycles. The van der Waals surface area contributed by atoms with Gasteiger partial charge in [-0.3, -0.25) is 45.2 Å². The minimum atomic E-state index is -0.203. The zero-order chi connectivity index (χ0) is 54.5. The van der Waals surface area contributed by atoms with Crippen molar-refractivity contribution in [1.82, 2.24) is 16.0 Å². The van der Waals surface area contributed by atoms with E-state index in [1.165, 1.54) is 29.6 Å². The van der Waals surface area contributed by atoms with Crippen LogP contribution in [0.2, 0.25) is 0 Å². The van der Waals surface area contributed by atoms with Crippen molar-refractivity contribution in [2.24, 2.45) is 23.2 Å². The number of aryl methyl sites for hydroxylation is 2. The van der Waals surface area contributed by atoms with Crippen molar-refractivity contribution in [3.8, 4) is 0 Å². The maximum atomic E-state index is 12.3. The molecule has 0 aliphatic carbocycles. The molecule has 14 N–H and O–H groups in total. The molecule has 2 heterocycles. The summed E-state index contributed by atoms with van der Waals surface area (Å²) in [4.78, 5) is 85.3. The predicted molar refractivity (Wildman–Crippen MR) is 284 cm³/mol. The smallest absolute Gasteiger partial charge is 0.251 e. The van der Waals surface area contributed by atoms with Crippen LogP contribution in [0.25, 0.3) is 0 Å². The third-order valence-corrected chi connectivity index (χ3v) is 12.4. The van der Waals surface area contributed by atoms with Gasteiger partial charge in [0.25, 0.3) is 17.7 Å². The van der Waals surface area contributed by atoms with E-state index >= 15 is 0 Å². The Morgan fingerprint density at radius 3 is 1.05 bits per heavy atom. The molecule has 0 radical (unpaired) electrons. The Bertz CT molecular complexity index is 2450. The van der Waals surface area contributed by atoms with Crippen molar-refractivity contribution in [3.63, 3.8) is 0 Å². The number of carbonyl (C=O) groups excluding carboxylic acids is 7. The number of hydrogen-bond donors (Lipinski definition) is 10. The molecule has 0 bridgehead atoms. The van der Waals surface area contributed by atoms with Crippen LogP contribution in [0.1, 0.15) is 106 Å². The van der Waals surface area contributed by atoms with E-state index in [0.29, 0.717) is 114 Å². The minimum Gasteiger partial charge on any atom is -0.394 e. The summed E-state index contributed by atoms with van der Waals surface area (Å²) >= 11 is 2.40. The van der Waals surface area contributed by atoms with E-state index in [0.717, 1.165) is 16.7 Å². The van der Waals surface area contributed by atoms with Crippen LogP contribution >= 0.6 is 22.7 Å². The molecule has 0 saturated carbocycles. The van der Waals surface area contributed by atoms with Gasteiger partial charge < -0.3 is 56.9 Å². The second kappa shape index (κ2) is 38.3. The molecule has 5 aromatic rings. The van der Waals surface area contributed by atoms with E-state index < -0.39 is 0 Å². The largest absolute Gasteiger partial charge is 0.394 e. The van der Waals surface area contributed by atoms with Gasteiger partial charge in [-0.15, -0.1) is 22.7 Å². The number of carbonyl (C=O) groups is 7. The van der Waals surface area contributed by atoms with Gasteiger partial charge in [-0.2, -0.15) is 0 Å². The first-order valence-electron chi connectivity index (χ1n) is 23.5. The second-order valence-electron chi connectivity index (χ2n) is 15.4. The Hall–Kier alpha value is -6.25. The fourth-order valence-electron chi connectivity index (χ4n) is 6.13. The summed E-state index contributed by atoms with van der Waals surface area (Å²) in [6.07, 6.45) is 1.80. The monoisotopic (exact) mass is 1060 g/mol. The first-order valence-corrected chi connectivity index (χ1v) is 25.2. The van der Waals surface area contributed by atoms with Crippen LogP contribution in [0, 0.1) is 0 Å². The number of rotatable bonds is 30. The van der Waals surface area contributed by atoms with Crippen LogP contribution < -0.4 is 39.1 Å². The topological polar surface area (TPSA) is 348 Å². The quantitative estimate of drug-likeness (QED) is 0.0137. The maximum absolute atomic E-state index is 12.3. The zero-order valence-electron chi connectivity index (χ0n) is 41.5. The summed E-state index contributed by atoms with van der Waals surface area (Å²) in [5.41, 5.74) is 15.4. The SMILES string of the molecule is CC(=O)c1ccc(C(=O)CCc2ccc(C(=O)NCCOCCO)cc2)s1.NCC(=O)c1ccc(C(=O)CCc2ccc(C(=O)NCCOCCO)cc2)s1.NCc1ccc(C(=O)NCCOCCO)cc1.NN. The van der Waals surface area contributed by atoms with Crippen molar-refractivity contribution in [2.75, 3.05) is 85.6 Å². The number of nitrogens with one attached hydrogen (secondary N) is 3. The molecule has 0 aliphatic heterocycles. The fraction of sp³-hybridized carbons (Fsp3) is 0.365. The molecular weight excluding hydrogens is 995 g/mol. The molecule has 2 aromatic heterocycles. The van der Waals surface area contributed by atoms with Crippen LogP contribution in [0.4, 0.5) is 0 Å². The number of ketones is 4. The lowest BCUT2D eigenvalue weighted by Gasteiger charge is -2.06. The maximum Gasteiger partial charge on any atom is 0.251 e. The van der Waals surface area contributed by atoms with Gasteiger partial charge in [-0.1, -0.05) is 36.4 Å². The van der Waals surface area contributed by atoms with Gasteiger partial charge in [-0.25, -0.2) is 0 Å². The fourth-order valence-corrected chi connectivity index (χ4v) is 7.92. The van der Waals surface area contributed by atoms with Crippen molar-refractivity contribution in [3.05, 3.63) is 150 Å². The number of benzene rings is 3.